The molecule has 4 rings (SSSR count). The topological polar surface area (TPSA) is 58.4 Å². The maximum atomic E-state index is 4.88. The van der Waals surface area contributed by atoms with Crippen molar-refractivity contribution in [1.29, 1.82) is 0 Å². The summed E-state index contributed by atoms with van der Waals surface area (Å²) in [6.07, 6.45) is 7.28. The minimum atomic E-state index is 0.345. The van der Waals surface area contributed by atoms with Gasteiger partial charge in [-0.05, 0) is 38.4 Å². The largest absolute Gasteiger partial charge is 0.373 e. The summed E-state index contributed by atoms with van der Waals surface area (Å²) in [6, 6.07) is 8.67. The summed E-state index contributed by atoms with van der Waals surface area (Å²) in [7, 11) is 1.93. The van der Waals surface area contributed by atoms with E-state index in [1.165, 1.54) is 18.4 Å². The van der Waals surface area contributed by atoms with E-state index in [1.807, 2.05) is 36.1 Å². The molecule has 0 amide bonds. The smallest absolute Gasteiger partial charge is 0.155 e. The average molecular weight is 336 g/mol. The van der Waals surface area contributed by atoms with Gasteiger partial charge >= 0.3 is 0 Å². The van der Waals surface area contributed by atoms with Gasteiger partial charge in [-0.25, -0.2) is 14.5 Å². The van der Waals surface area contributed by atoms with E-state index in [9.17, 15) is 0 Å². The molecule has 0 aliphatic carbocycles. The fourth-order valence-corrected chi connectivity index (χ4v) is 3.79. The molecule has 3 aromatic rings. The van der Waals surface area contributed by atoms with Crippen molar-refractivity contribution >= 4 is 11.5 Å². The molecule has 1 N–H and O–H groups in total. The van der Waals surface area contributed by atoms with Gasteiger partial charge in [0.1, 0.15) is 5.82 Å². The van der Waals surface area contributed by atoms with Crippen molar-refractivity contribution in [3.8, 4) is 0 Å². The van der Waals surface area contributed by atoms with E-state index in [0.717, 1.165) is 42.4 Å². The molecule has 0 radical (unpaired) electrons. The number of aromatic nitrogens is 4. The first-order chi connectivity index (χ1) is 12.3. The molecule has 25 heavy (non-hydrogen) atoms. The quantitative estimate of drug-likeness (QED) is 0.793. The number of pyridine rings is 1. The lowest BCUT2D eigenvalue weighted by molar-refractivity contribution is 0.137. The average Bonchev–Trinajstić information content (AvgIpc) is 3.12. The number of hydrogen-bond donors (Lipinski definition) is 1. The second-order valence-electron chi connectivity index (χ2n) is 6.67. The van der Waals surface area contributed by atoms with Crippen LogP contribution in [0.15, 0.2) is 36.7 Å². The van der Waals surface area contributed by atoms with Gasteiger partial charge in [-0.15, -0.1) is 0 Å². The Labute approximate surface area is 147 Å². The lowest BCUT2D eigenvalue weighted by Gasteiger charge is -2.35. The van der Waals surface area contributed by atoms with E-state index in [2.05, 4.69) is 39.4 Å². The van der Waals surface area contributed by atoms with Crippen LogP contribution >= 0.6 is 0 Å². The van der Waals surface area contributed by atoms with Crippen LogP contribution in [-0.2, 0) is 6.54 Å². The number of nitrogens with zero attached hydrogens (tertiary/aromatic N) is 5. The molecule has 1 fully saturated rings. The second kappa shape index (κ2) is 6.80. The van der Waals surface area contributed by atoms with Crippen LogP contribution in [0, 0.1) is 6.92 Å². The second-order valence-corrected chi connectivity index (χ2v) is 6.67. The van der Waals surface area contributed by atoms with Gasteiger partial charge in [0, 0.05) is 37.1 Å². The Kier molecular flexibility index (Phi) is 4.36. The van der Waals surface area contributed by atoms with Gasteiger partial charge in [-0.2, -0.15) is 5.10 Å². The predicted molar refractivity (Wildman–Crippen MR) is 98.5 cm³/mol. The number of aryl methyl sites for hydroxylation is 1. The highest BCUT2D eigenvalue weighted by Crippen LogP contribution is 2.32. The number of fused-ring (bicyclic) bond motifs is 1. The van der Waals surface area contributed by atoms with E-state index in [4.69, 9.17) is 4.98 Å². The number of rotatable bonds is 4. The van der Waals surface area contributed by atoms with Crippen LogP contribution in [0.2, 0.25) is 0 Å². The number of nitrogens with one attached hydrogen (secondary N) is 1. The molecular formula is C19H24N6. The van der Waals surface area contributed by atoms with E-state index in [-0.39, 0.29) is 0 Å². The predicted octanol–water partition coefficient (Wildman–Crippen LogP) is 3.20. The normalized spacial score (nSPS) is 18.6. The first-order valence-corrected chi connectivity index (χ1v) is 8.93. The highest BCUT2D eigenvalue weighted by atomic mass is 15.3. The molecule has 1 atom stereocenters. The van der Waals surface area contributed by atoms with Crippen LogP contribution < -0.4 is 5.32 Å². The fourth-order valence-electron chi connectivity index (χ4n) is 3.79. The molecular weight excluding hydrogens is 312 g/mol. The molecule has 1 aliphatic rings. The van der Waals surface area contributed by atoms with Crippen molar-refractivity contribution in [3.63, 3.8) is 0 Å². The molecule has 6 nitrogen and oxygen atoms in total. The summed E-state index contributed by atoms with van der Waals surface area (Å²) in [5.74, 6) is 0.960. The summed E-state index contributed by atoms with van der Waals surface area (Å²) < 4.78 is 1.90. The van der Waals surface area contributed by atoms with E-state index in [1.54, 1.807) is 0 Å². The molecule has 130 valence electrons. The first-order valence-electron chi connectivity index (χ1n) is 8.93. The Balaban J connectivity index is 1.66. The van der Waals surface area contributed by atoms with Crippen LogP contribution in [0.3, 0.4) is 0 Å². The third kappa shape index (κ3) is 3.09. The fraction of sp³-hybridized carbons (Fsp3) is 0.421. The molecule has 0 aromatic carbocycles. The van der Waals surface area contributed by atoms with Gasteiger partial charge in [-0.3, -0.25) is 4.90 Å². The molecule has 0 unspecified atom stereocenters. The Morgan fingerprint density at radius 1 is 1.24 bits per heavy atom. The number of piperidine rings is 1. The third-order valence-electron chi connectivity index (χ3n) is 5.01. The van der Waals surface area contributed by atoms with Crippen LogP contribution in [0.25, 0.3) is 5.65 Å². The zero-order valence-electron chi connectivity index (χ0n) is 14.8. The van der Waals surface area contributed by atoms with Crippen molar-refractivity contribution < 1.29 is 0 Å². The summed E-state index contributed by atoms with van der Waals surface area (Å²) in [5, 5.41) is 7.54. The molecule has 3 aromatic heterocycles. The summed E-state index contributed by atoms with van der Waals surface area (Å²) >= 11 is 0. The van der Waals surface area contributed by atoms with Crippen LogP contribution in [0.4, 0.5) is 5.82 Å². The summed E-state index contributed by atoms with van der Waals surface area (Å²) in [5.41, 5.74) is 4.45. The maximum Gasteiger partial charge on any atom is 0.155 e. The SMILES string of the molecule is CNc1ncccc1CN1CCCC[C@@H]1c1cc(C)n2nccc2n1. The Bertz CT molecular complexity index is 871. The zero-order valence-corrected chi connectivity index (χ0v) is 14.8. The van der Waals surface area contributed by atoms with Gasteiger partial charge in [0.05, 0.1) is 17.9 Å². The van der Waals surface area contributed by atoms with Crippen molar-refractivity contribution in [2.45, 2.75) is 38.8 Å². The highest BCUT2D eigenvalue weighted by molar-refractivity contribution is 5.43. The van der Waals surface area contributed by atoms with Crippen molar-refractivity contribution in [2.24, 2.45) is 0 Å². The summed E-state index contributed by atoms with van der Waals surface area (Å²) in [4.78, 5) is 11.9. The van der Waals surface area contributed by atoms with E-state index in [0.29, 0.717) is 6.04 Å². The van der Waals surface area contributed by atoms with Gasteiger partial charge in [0.25, 0.3) is 0 Å². The third-order valence-corrected chi connectivity index (χ3v) is 5.01. The molecule has 0 saturated carbocycles. The molecule has 0 bridgehead atoms. The van der Waals surface area contributed by atoms with E-state index < -0.39 is 0 Å². The van der Waals surface area contributed by atoms with Gasteiger partial charge in [0.15, 0.2) is 5.65 Å². The number of likely N-dealkylation sites (tertiary alicyclic amines) is 1. The molecule has 6 heteroatoms. The monoisotopic (exact) mass is 336 g/mol. The van der Waals surface area contributed by atoms with Crippen LogP contribution in [-0.4, -0.2) is 38.1 Å². The first kappa shape index (κ1) is 16.0. The molecule has 4 heterocycles. The lowest BCUT2D eigenvalue weighted by atomic mass is 9.98. The maximum absolute atomic E-state index is 4.88. The zero-order chi connectivity index (χ0) is 17.2. The van der Waals surface area contributed by atoms with Gasteiger partial charge < -0.3 is 5.32 Å². The minimum Gasteiger partial charge on any atom is -0.373 e. The lowest BCUT2D eigenvalue weighted by Crippen LogP contribution is -2.34. The standard InChI is InChI=1S/C19H24N6/c1-14-12-16(23-18-8-10-22-25(14)18)17-7-3-4-11-24(17)13-15-6-5-9-21-19(15)20-2/h5-6,8-10,12,17H,3-4,7,11,13H2,1-2H3,(H,20,21)/t17-/m1/s1. The number of hydrogen-bond acceptors (Lipinski definition) is 5. The van der Waals surface area contributed by atoms with Crippen LogP contribution in [0.5, 0.6) is 0 Å². The van der Waals surface area contributed by atoms with Crippen molar-refractivity contribution in [1.82, 2.24) is 24.5 Å². The number of anilines is 1. The Morgan fingerprint density at radius 3 is 3.04 bits per heavy atom. The van der Waals surface area contributed by atoms with Crippen LogP contribution in [0.1, 0.15) is 42.3 Å². The molecule has 1 saturated heterocycles. The van der Waals surface area contributed by atoms with Gasteiger partial charge in [-0.1, -0.05) is 12.5 Å². The Hall–Kier alpha value is -2.47. The summed E-state index contributed by atoms with van der Waals surface area (Å²) in [6.45, 7) is 4.08. The van der Waals surface area contributed by atoms with E-state index >= 15 is 0 Å². The van der Waals surface area contributed by atoms with Crippen molar-refractivity contribution in [2.75, 3.05) is 18.9 Å². The Morgan fingerprint density at radius 2 is 2.16 bits per heavy atom. The molecule has 0 spiro atoms. The minimum absolute atomic E-state index is 0.345. The highest BCUT2D eigenvalue weighted by Gasteiger charge is 2.26. The molecule has 1 aliphatic heterocycles. The van der Waals surface area contributed by atoms with Crippen molar-refractivity contribution in [3.05, 3.63) is 53.6 Å². The van der Waals surface area contributed by atoms with Gasteiger partial charge in [0.2, 0.25) is 0 Å².